The lowest BCUT2D eigenvalue weighted by atomic mass is 10.1. The lowest BCUT2D eigenvalue weighted by molar-refractivity contribution is -0.138. The fraction of sp³-hybridized carbons (Fsp3) is 0.182. The second-order valence-corrected chi connectivity index (χ2v) is 4.11. The van der Waals surface area contributed by atoms with Crippen LogP contribution >= 0.6 is 12.6 Å². The van der Waals surface area contributed by atoms with E-state index in [1.807, 2.05) is 0 Å². The summed E-state index contributed by atoms with van der Waals surface area (Å²) in [5.41, 5.74) is 0.479. The summed E-state index contributed by atoms with van der Waals surface area (Å²) < 4.78 is 5.23. The van der Waals surface area contributed by atoms with Crippen LogP contribution in [0.15, 0.2) is 22.6 Å². The first kappa shape index (κ1) is 12.4. The van der Waals surface area contributed by atoms with Crippen LogP contribution < -0.4 is 0 Å². The maximum atomic E-state index is 11.3. The third-order valence-corrected chi connectivity index (χ3v) is 2.70. The maximum Gasteiger partial charge on any atom is 0.304 e. The SMILES string of the molecule is O=C(O)CC(C(=O)S)c1nc2cccc(O)c2o1. The number of phenolic OH excluding ortho intramolecular Hbond substituents is 1. The molecule has 1 heterocycles. The highest BCUT2D eigenvalue weighted by Gasteiger charge is 2.27. The molecule has 1 unspecified atom stereocenters. The number of carboxylic acids is 1. The van der Waals surface area contributed by atoms with Gasteiger partial charge in [0.25, 0.3) is 0 Å². The van der Waals surface area contributed by atoms with Crippen molar-refractivity contribution in [2.75, 3.05) is 0 Å². The molecular formula is C11H9NO5S. The first-order valence-electron chi connectivity index (χ1n) is 5.02. The Morgan fingerprint density at radius 1 is 1.44 bits per heavy atom. The van der Waals surface area contributed by atoms with Gasteiger partial charge < -0.3 is 14.6 Å². The van der Waals surface area contributed by atoms with Crippen molar-refractivity contribution < 1.29 is 24.2 Å². The van der Waals surface area contributed by atoms with Gasteiger partial charge in [-0.05, 0) is 12.1 Å². The van der Waals surface area contributed by atoms with Gasteiger partial charge in [0.1, 0.15) is 11.4 Å². The van der Waals surface area contributed by atoms with E-state index in [9.17, 15) is 14.7 Å². The fourth-order valence-electron chi connectivity index (χ4n) is 1.56. The molecular weight excluding hydrogens is 258 g/mol. The standard InChI is InChI=1S/C11H9NO5S/c13-7-3-1-2-6-9(7)17-10(12-6)5(11(16)18)4-8(14)15/h1-3,5,13H,4H2,(H,14,15)(H,16,18). The van der Waals surface area contributed by atoms with Crippen molar-refractivity contribution in [2.24, 2.45) is 0 Å². The van der Waals surface area contributed by atoms with Gasteiger partial charge in [0, 0.05) is 0 Å². The molecule has 0 aliphatic heterocycles. The van der Waals surface area contributed by atoms with Crippen LogP contribution in [0.2, 0.25) is 0 Å². The summed E-state index contributed by atoms with van der Waals surface area (Å²) in [6, 6.07) is 4.56. The molecule has 6 nitrogen and oxygen atoms in total. The molecule has 18 heavy (non-hydrogen) atoms. The maximum absolute atomic E-state index is 11.3. The number of hydrogen-bond donors (Lipinski definition) is 3. The number of hydrogen-bond acceptors (Lipinski definition) is 5. The number of carbonyl (C=O) groups excluding carboxylic acids is 1. The highest BCUT2D eigenvalue weighted by molar-refractivity contribution is 7.96. The van der Waals surface area contributed by atoms with Crippen LogP contribution in [0.3, 0.4) is 0 Å². The smallest absolute Gasteiger partial charge is 0.304 e. The Kier molecular flexibility index (Phi) is 3.24. The molecule has 1 atom stereocenters. The summed E-state index contributed by atoms with van der Waals surface area (Å²) in [4.78, 5) is 25.9. The number of para-hydroxylation sites is 1. The highest BCUT2D eigenvalue weighted by Crippen LogP contribution is 2.30. The quantitative estimate of drug-likeness (QED) is 0.726. The summed E-state index contributed by atoms with van der Waals surface area (Å²) in [6.45, 7) is 0. The Bertz CT molecular complexity index is 621. The van der Waals surface area contributed by atoms with E-state index < -0.39 is 23.4 Å². The molecule has 1 aromatic carbocycles. The zero-order chi connectivity index (χ0) is 13.3. The molecule has 0 aliphatic carbocycles. The molecule has 2 aromatic rings. The van der Waals surface area contributed by atoms with Crippen molar-refractivity contribution in [3.63, 3.8) is 0 Å². The van der Waals surface area contributed by atoms with Crippen LogP contribution in [-0.2, 0) is 9.59 Å². The van der Waals surface area contributed by atoms with Crippen LogP contribution in [0.1, 0.15) is 18.2 Å². The predicted octanol–water partition coefficient (Wildman–Crippen LogP) is 1.55. The lowest BCUT2D eigenvalue weighted by Gasteiger charge is -2.04. The van der Waals surface area contributed by atoms with Gasteiger partial charge in [-0.2, -0.15) is 0 Å². The number of aromatic nitrogens is 1. The molecule has 0 radical (unpaired) electrons. The minimum atomic E-state index is -1.16. The van der Waals surface area contributed by atoms with Crippen LogP contribution in [0.4, 0.5) is 0 Å². The van der Waals surface area contributed by atoms with E-state index in [0.717, 1.165) is 0 Å². The van der Waals surface area contributed by atoms with E-state index in [2.05, 4.69) is 17.6 Å². The summed E-state index contributed by atoms with van der Waals surface area (Å²) in [5.74, 6) is -2.41. The number of aliphatic carboxylic acids is 1. The monoisotopic (exact) mass is 267 g/mol. The fourth-order valence-corrected chi connectivity index (χ4v) is 1.76. The molecule has 0 saturated carbocycles. The molecule has 0 spiro atoms. The van der Waals surface area contributed by atoms with Crippen molar-refractivity contribution in [3.8, 4) is 5.75 Å². The van der Waals surface area contributed by atoms with Gasteiger partial charge in [-0.25, -0.2) is 4.98 Å². The average Bonchev–Trinajstić information content (AvgIpc) is 2.70. The van der Waals surface area contributed by atoms with Gasteiger partial charge in [-0.15, -0.1) is 12.6 Å². The third kappa shape index (κ3) is 2.30. The zero-order valence-electron chi connectivity index (χ0n) is 9.03. The lowest BCUT2D eigenvalue weighted by Crippen LogP contribution is -2.12. The highest BCUT2D eigenvalue weighted by atomic mass is 32.1. The molecule has 0 saturated heterocycles. The predicted molar refractivity (Wildman–Crippen MR) is 64.7 cm³/mol. The second kappa shape index (κ2) is 4.69. The molecule has 0 bridgehead atoms. The Labute approximate surface area is 107 Å². The van der Waals surface area contributed by atoms with Gasteiger partial charge >= 0.3 is 5.97 Å². The molecule has 2 rings (SSSR count). The van der Waals surface area contributed by atoms with Crippen LogP contribution in [0.5, 0.6) is 5.75 Å². The summed E-state index contributed by atoms with van der Waals surface area (Å²) >= 11 is 3.62. The van der Waals surface area contributed by atoms with Gasteiger partial charge in [0.2, 0.25) is 5.89 Å². The number of rotatable bonds is 4. The molecule has 1 aromatic heterocycles. The van der Waals surface area contributed by atoms with Crippen molar-refractivity contribution in [2.45, 2.75) is 12.3 Å². The molecule has 2 N–H and O–H groups in total. The third-order valence-electron chi connectivity index (χ3n) is 2.39. The molecule has 7 heteroatoms. The van der Waals surface area contributed by atoms with Crippen LogP contribution in [0, 0.1) is 0 Å². The minimum Gasteiger partial charge on any atom is -0.504 e. The Morgan fingerprint density at radius 3 is 2.72 bits per heavy atom. The number of aromatic hydroxyl groups is 1. The van der Waals surface area contributed by atoms with Crippen LogP contribution in [-0.4, -0.2) is 26.3 Å². The summed E-state index contributed by atoms with van der Waals surface area (Å²) in [7, 11) is 0. The van der Waals surface area contributed by atoms with E-state index in [4.69, 9.17) is 9.52 Å². The largest absolute Gasteiger partial charge is 0.504 e. The Hall–Kier alpha value is -2.02. The van der Waals surface area contributed by atoms with Gasteiger partial charge in [0.05, 0.1) is 6.42 Å². The number of carboxylic acid groups (broad SMARTS) is 1. The van der Waals surface area contributed by atoms with E-state index in [1.165, 1.54) is 6.07 Å². The topological polar surface area (TPSA) is 101 Å². The first-order chi connectivity index (χ1) is 8.49. The number of benzene rings is 1. The van der Waals surface area contributed by atoms with Crippen LogP contribution in [0.25, 0.3) is 11.1 Å². The number of phenols is 1. The summed E-state index contributed by atoms with van der Waals surface area (Å²) in [6.07, 6.45) is -0.462. The Balaban J connectivity index is 2.48. The first-order valence-corrected chi connectivity index (χ1v) is 5.46. The minimum absolute atomic E-state index is 0.0612. The van der Waals surface area contributed by atoms with Crippen molar-refractivity contribution >= 4 is 34.8 Å². The van der Waals surface area contributed by atoms with Gasteiger partial charge in [0.15, 0.2) is 16.4 Å². The van der Waals surface area contributed by atoms with Crippen molar-refractivity contribution in [1.29, 1.82) is 0 Å². The second-order valence-electron chi connectivity index (χ2n) is 3.67. The Morgan fingerprint density at radius 2 is 2.17 bits per heavy atom. The molecule has 0 amide bonds. The van der Waals surface area contributed by atoms with E-state index in [1.54, 1.807) is 12.1 Å². The number of oxazole rings is 1. The zero-order valence-corrected chi connectivity index (χ0v) is 9.92. The summed E-state index contributed by atoms with van der Waals surface area (Å²) in [5, 5.41) is 17.6. The number of carbonyl (C=O) groups is 2. The number of thiol groups is 1. The van der Waals surface area contributed by atoms with Crippen molar-refractivity contribution in [3.05, 3.63) is 24.1 Å². The van der Waals surface area contributed by atoms with Gasteiger partial charge in [-0.3, -0.25) is 9.59 Å². The number of nitrogens with zero attached hydrogens (tertiary/aromatic N) is 1. The van der Waals surface area contributed by atoms with Crippen molar-refractivity contribution in [1.82, 2.24) is 4.98 Å². The number of fused-ring (bicyclic) bond motifs is 1. The normalized spacial score (nSPS) is 12.5. The van der Waals surface area contributed by atoms with E-state index in [-0.39, 0.29) is 17.2 Å². The van der Waals surface area contributed by atoms with E-state index in [0.29, 0.717) is 5.52 Å². The molecule has 94 valence electrons. The molecule has 0 aliphatic rings. The molecule has 0 fully saturated rings. The average molecular weight is 267 g/mol. The van der Waals surface area contributed by atoms with Gasteiger partial charge in [-0.1, -0.05) is 6.07 Å². The van der Waals surface area contributed by atoms with E-state index >= 15 is 0 Å².